The van der Waals surface area contributed by atoms with Gasteiger partial charge in [-0.1, -0.05) is 35.5 Å². The molecule has 0 aliphatic heterocycles. The second kappa shape index (κ2) is 8.12. The lowest BCUT2D eigenvalue weighted by Gasteiger charge is -2.07. The van der Waals surface area contributed by atoms with E-state index in [4.69, 9.17) is 9.26 Å². The molecule has 30 heavy (non-hydrogen) atoms. The van der Waals surface area contributed by atoms with Gasteiger partial charge in [-0.3, -0.25) is 4.79 Å². The minimum Gasteiger partial charge on any atom is -0.462 e. The zero-order valence-electron chi connectivity index (χ0n) is 16.8. The number of ether oxygens (including phenoxy) is 1. The molecule has 152 valence electrons. The van der Waals surface area contributed by atoms with Crippen LogP contribution in [0.4, 0.5) is 5.00 Å². The Labute approximate surface area is 177 Å². The monoisotopic (exact) mass is 420 g/mol. The van der Waals surface area contributed by atoms with Crippen LogP contribution in [0.1, 0.15) is 38.1 Å². The summed E-state index contributed by atoms with van der Waals surface area (Å²) >= 11 is 1.36. The molecule has 1 amide bonds. The number of esters is 1. The lowest BCUT2D eigenvalue weighted by atomic mass is 10.1. The van der Waals surface area contributed by atoms with Crippen LogP contribution in [0, 0.1) is 13.8 Å². The number of benzene rings is 2. The summed E-state index contributed by atoms with van der Waals surface area (Å²) in [5.74, 6) is -0.144. The molecular weight excluding hydrogens is 400 g/mol. The van der Waals surface area contributed by atoms with Crippen molar-refractivity contribution >= 4 is 39.1 Å². The maximum Gasteiger partial charge on any atom is 0.341 e. The summed E-state index contributed by atoms with van der Waals surface area (Å²) in [6, 6.07) is 14.8. The molecule has 2 aromatic heterocycles. The normalized spacial score (nSPS) is 10.9. The smallest absolute Gasteiger partial charge is 0.341 e. The molecule has 2 heterocycles. The van der Waals surface area contributed by atoms with Crippen molar-refractivity contribution in [2.75, 3.05) is 11.9 Å². The first-order chi connectivity index (χ1) is 14.5. The van der Waals surface area contributed by atoms with Gasteiger partial charge in [-0.15, -0.1) is 11.3 Å². The molecule has 0 bridgehead atoms. The van der Waals surface area contributed by atoms with Gasteiger partial charge < -0.3 is 14.6 Å². The molecule has 7 heteroatoms. The molecular formula is C23H20N2O4S. The first-order valence-corrected chi connectivity index (χ1v) is 10.3. The number of fused-ring (bicyclic) bond motifs is 1. The van der Waals surface area contributed by atoms with E-state index in [1.807, 2.05) is 44.2 Å². The summed E-state index contributed by atoms with van der Waals surface area (Å²) in [5.41, 5.74) is 3.21. The standard InChI is InChI=1S/C23H20N2O4S/c1-4-28-23(27)19-13(2)14(3)30-22(19)24-21(26)16-10-11-18-17(12-16)20(29-25-18)15-8-6-5-7-9-15/h5-12H,4H2,1-3H3,(H,24,26). The van der Waals surface area contributed by atoms with E-state index in [2.05, 4.69) is 10.5 Å². The molecule has 6 nitrogen and oxygen atoms in total. The SMILES string of the molecule is CCOC(=O)c1c(NC(=O)c2ccc3noc(-c4ccccc4)c3c2)sc(C)c1C. The van der Waals surface area contributed by atoms with Gasteiger partial charge in [0.15, 0.2) is 5.76 Å². The predicted octanol–water partition coefficient (Wildman–Crippen LogP) is 5.60. The predicted molar refractivity (Wildman–Crippen MR) is 117 cm³/mol. The van der Waals surface area contributed by atoms with Gasteiger partial charge in [0, 0.05) is 16.0 Å². The number of anilines is 1. The number of nitrogens with one attached hydrogen (secondary N) is 1. The summed E-state index contributed by atoms with van der Waals surface area (Å²) in [4.78, 5) is 26.3. The lowest BCUT2D eigenvalue weighted by Crippen LogP contribution is -2.14. The van der Waals surface area contributed by atoms with Crippen LogP contribution in [-0.2, 0) is 4.74 Å². The molecule has 1 N–H and O–H groups in total. The molecule has 0 radical (unpaired) electrons. The average molecular weight is 420 g/mol. The second-order valence-electron chi connectivity index (χ2n) is 6.77. The zero-order valence-corrected chi connectivity index (χ0v) is 17.6. The molecule has 0 aliphatic carbocycles. The molecule has 0 aliphatic rings. The topological polar surface area (TPSA) is 81.4 Å². The van der Waals surface area contributed by atoms with E-state index >= 15 is 0 Å². The summed E-state index contributed by atoms with van der Waals surface area (Å²) in [6.45, 7) is 5.78. The minimum absolute atomic E-state index is 0.271. The average Bonchev–Trinajstić information content (AvgIpc) is 3.29. The molecule has 4 aromatic rings. The summed E-state index contributed by atoms with van der Waals surface area (Å²) in [6.07, 6.45) is 0. The fourth-order valence-corrected chi connectivity index (χ4v) is 4.26. The third kappa shape index (κ3) is 3.59. The Morgan fingerprint density at radius 1 is 1.13 bits per heavy atom. The Bertz CT molecular complexity index is 1240. The van der Waals surface area contributed by atoms with Gasteiger partial charge in [0.2, 0.25) is 0 Å². The molecule has 4 rings (SSSR count). The first kappa shape index (κ1) is 19.8. The third-order valence-corrected chi connectivity index (χ3v) is 5.99. The van der Waals surface area contributed by atoms with Crippen molar-refractivity contribution in [3.8, 4) is 11.3 Å². The Morgan fingerprint density at radius 2 is 1.90 bits per heavy atom. The maximum atomic E-state index is 13.0. The number of rotatable bonds is 5. The van der Waals surface area contributed by atoms with E-state index in [9.17, 15) is 9.59 Å². The van der Waals surface area contributed by atoms with Crippen molar-refractivity contribution in [2.45, 2.75) is 20.8 Å². The highest BCUT2D eigenvalue weighted by molar-refractivity contribution is 7.16. The molecule has 0 fully saturated rings. The summed E-state index contributed by atoms with van der Waals surface area (Å²) in [7, 11) is 0. The fraction of sp³-hybridized carbons (Fsp3) is 0.174. The summed E-state index contributed by atoms with van der Waals surface area (Å²) in [5, 5.41) is 8.19. The lowest BCUT2D eigenvalue weighted by molar-refractivity contribution is 0.0527. The van der Waals surface area contributed by atoms with Gasteiger partial charge in [-0.05, 0) is 44.5 Å². The van der Waals surface area contributed by atoms with Crippen molar-refractivity contribution in [3.05, 3.63) is 70.1 Å². The van der Waals surface area contributed by atoms with Gasteiger partial charge in [0.25, 0.3) is 5.91 Å². The number of aromatic nitrogens is 1. The maximum absolute atomic E-state index is 13.0. The van der Waals surface area contributed by atoms with Crippen molar-refractivity contribution in [1.29, 1.82) is 0 Å². The fourth-order valence-electron chi connectivity index (χ4n) is 3.22. The van der Waals surface area contributed by atoms with Crippen molar-refractivity contribution < 1.29 is 18.8 Å². The van der Waals surface area contributed by atoms with Gasteiger partial charge in [-0.25, -0.2) is 4.79 Å². The molecule has 2 aromatic carbocycles. The molecule has 0 atom stereocenters. The van der Waals surface area contributed by atoms with E-state index in [0.717, 1.165) is 21.4 Å². The summed E-state index contributed by atoms with van der Waals surface area (Å²) < 4.78 is 10.7. The van der Waals surface area contributed by atoms with E-state index in [-0.39, 0.29) is 12.5 Å². The van der Waals surface area contributed by atoms with Crippen LogP contribution in [0.5, 0.6) is 0 Å². The number of hydrogen-bond acceptors (Lipinski definition) is 6. The zero-order chi connectivity index (χ0) is 21.3. The molecule has 0 unspecified atom stereocenters. The van der Waals surface area contributed by atoms with Crippen molar-refractivity contribution in [3.63, 3.8) is 0 Å². The van der Waals surface area contributed by atoms with E-state index in [1.54, 1.807) is 25.1 Å². The van der Waals surface area contributed by atoms with Crippen LogP contribution in [0.2, 0.25) is 0 Å². The minimum atomic E-state index is -0.435. The highest BCUT2D eigenvalue weighted by Crippen LogP contribution is 2.34. The molecule has 0 spiro atoms. The van der Waals surface area contributed by atoms with Crippen LogP contribution in [0.25, 0.3) is 22.2 Å². The highest BCUT2D eigenvalue weighted by Gasteiger charge is 2.23. The first-order valence-electron chi connectivity index (χ1n) is 9.53. The largest absolute Gasteiger partial charge is 0.462 e. The second-order valence-corrected chi connectivity index (χ2v) is 8.00. The van der Waals surface area contributed by atoms with E-state index in [1.165, 1.54) is 11.3 Å². The Hall–Kier alpha value is -3.45. The molecule has 0 saturated carbocycles. The third-order valence-electron chi connectivity index (χ3n) is 4.87. The van der Waals surface area contributed by atoms with Crippen molar-refractivity contribution in [1.82, 2.24) is 5.16 Å². The number of nitrogens with zero attached hydrogens (tertiary/aromatic N) is 1. The number of carbonyl (C=O) groups excluding carboxylic acids is 2. The Morgan fingerprint density at radius 3 is 2.63 bits per heavy atom. The number of hydrogen-bond donors (Lipinski definition) is 1. The van der Waals surface area contributed by atoms with Gasteiger partial charge in [-0.2, -0.15) is 0 Å². The van der Waals surface area contributed by atoms with E-state index in [0.29, 0.717) is 27.4 Å². The number of aryl methyl sites for hydroxylation is 1. The van der Waals surface area contributed by atoms with Gasteiger partial charge in [0.1, 0.15) is 10.5 Å². The van der Waals surface area contributed by atoms with Crippen LogP contribution < -0.4 is 5.32 Å². The Kier molecular flexibility index (Phi) is 5.37. The molecule has 0 saturated heterocycles. The van der Waals surface area contributed by atoms with Gasteiger partial charge in [0.05, 0.1) is 17.6 Å². The number of thiophene rings is 1. The number of carbonyl (C=O) groups is 2. The van der Waals surface area contributed by atoms with Crippen LogP contribution in [0.15, 0.2) is 53.1 Å². The van der Waals surface area contributed by atoms with Gasteiger partial charge >= 0.3 is 5.97 Å². The number of amides is 1. The van der Waals surface area contributed by atoms with Crippen LogP contribution >= 0.6 is 11.3 Å². The quantitative estimate of drug-likeness (QED) is 0.425. The van der Waals surface area contributed by atoms with Crippen LogP contribution in [0.3, 0.4) is 0 Å². The van der Waals surface area contributed by atoms with Crippen molar-refractivity contribution in [2.24, 2.45) is 0 Å². The van der Waals surface area contributed by atoms with Crippen LogP contribution in [-0.4, -0.2) is 23.6 Å². The highest BCUT2D eigenvalue weighted by atomic mass is 32.1. The van der Waals surface area contributed by atoms with E-state index < -0.39 is 5.97 Å². The Balaban J connectivity index is 1.68.